The Morgan fingerprint density at radius 1 is 1.29 bits per heavy atom. The molecule has 1 N–H and O–H groups in total. The van der Waals surface area contributed by atoms with Gasteiger partial charge in [0.2, 0.25) is 6.10 Å². The second-order valence-corrected chi connectivity index (χ2v) is 6.50. The minimum absolute atomic E-state index is 0.0861. The lowest BCUT2D eigenvalue weighted by atomic mass is 10.0. The van der Waals surface area contributed by atoms with Gasteiger partial charge < -0.3 is 14.6 Å². The molecule has 0 bridgehead atoms. The highest BCUT2D eigenvalue weighted by Gasteiger charge is 2.48. The van der Waals surface area contributed by atoms with Crippen molar-refractivity contribution in [1.82, 2.24) is 0 Å². The van der Waals surface area contributed by atoms with Crippen LogP contribution in [0.15, 0.2) is 42.5 Å². The van der Waals surface area contributed by atoms with Gasteiger partial charge in [-0.15, -0.1) is 0 Å². The largest absolute Gasteiger partial charge is 0.478 e. The average molecular weight is 411 g/mol. The van der Waals surface area contributed by atoms with Gasteiger partial charge in [0.1, 0.15) is 17.2 Å². The molecule has 4 nitrogen and oxygen atoms in total. The molecule has 0 fully saturated rings. The Morgan fingerprint density at radius 3 is 2.57 bits per heavy atom. The number of aryl methyl sites for hydroxylation is 1. The highest BCUT2D eigenvalue weighted by molar-refractivity contribution is 6.32. The van der Waals surface area contributed by atoms with Crippen molar-refractivity contribution in [3.05, 3.63) is 64.2 Å². The van der Waals surface area contributed by atoms with Crippen LogP contribution in [0.3, 0.4) is 0 Å². The fourth-order valence-corrected chi connectivity index (χ4v) is 2.94. The molecule has 0 saturated heterocycles. The molecule has 0 radical (unpaired) electrons. The van der Waals surface area contributed by atoms with Gasteiger partial charge in [-0.25, -0.2) is 4.79 Å². The zero-order chi connectivity index (χ0) is 20.6. The highest BCUT2D eigenvalue weighted by atomic mass is 35.5. The fourth-order valence-electron chi connectivity index (χ4n) is 2.73. The van der Waals surface area contributed by atoms with Crippen LogP contribution in [0.4, 0.5) is 13.2 Å². The van der Waals surface area contributed by atoms with E-state index in [1.54, 1.807) is 25.1 Å². The molecule has 0 spiro atoms. The lowest BCUT2D eigenvalue weighted by Crippen LogP contribution is -2.40. The van der Waals surface area contributed by atoms with Gasteiger partial charge in [0.15, 0.2) is 0 Å². The Bertz CT molecular complexity index is 996. The molecule has 2 aromatic rings. The zero-order valence-corrected chi connectivity index (χ0v) is 15.3. The van der Waals surface area contributed by atoms with E-state index in [1.165, 1.54) is 12.1 Å². The topological polar surface area (TPSA) is 55.8 Å². The van der Waals surface area contributed by atoms with Crippen LogP contribution < -0.4 is 9.47 Å². The van der Waals surface area contributed by atoms with Gasteiger partial charge in [-0.3, -0.25) is 0 Å². The molecule has 1 heterocycles. The zero-order valence-electron chi connectivity index (χ0n) is 14.5. The van der Waals surface area contributed by atoms with E-state index in [-0.39, 0.29) is 22.1 Å². The monoisotopic (exact) mass is 410 g/mol. The summed E-state index contributed by atoms with van der Waals surface area (Å²) < 4.78 is 50.3. The van der Waals surface area contributed by atoms with Crippen molar-refractivity contribution in [2.45, 2.75) is 19.2 Å². The molecule has 2 aromatic carbocycles. The predicted molar refractivity (Wildman–Crippen MR) is 98.9 cm³/mol. The van der Waals surface area contributed by atoms with Crippen molar-refractivity contribution < 1.29 is 32.5 Å². The van der Waals surface area contributed by atoms with Gasteiger partial charge >= 0.3 is 12.1 Å². The van der Waals surface area contributed by atoms with E-state index in [0.29, 0.717) is 5.75 Å². The van der Waals surface area contributed by atoms with Gasteiger partial charge in [-0.05, 0) is 42.3 Å². The summed E-state index contributed by atoms with van der Waals surface area (Å²) in [4.78, 5) is 11.2. The smallest absolute Gasteiger partial charge is 0.430 e. The number of hydrogen-bond donors (Lipinski definition) is 1. The molecule has 8 heteroatoms. The van der Waals surface area contributed by atoms with Gasteiger partial charge in [0.05, 0.1) is 10.6 Å². The first kappa shape index (κ1) is 19.8. The molecule has 0 aliphatic carbocycles. The third-order valence-electron chi connectivity index (χ3n) is 4.10. The van der Waals surface area contributed by atoms with Crippen molar-refractivity contribution in [1.29, 1.82) is 0 Å². The van der Waals surface area contributed by atoms with Crippen LogP contribution in [0.1, 0.15) is 16.7 Å². The van der Waals surface area contributed by atoms with Crippen molar-refractivity contribution in [3.63, 3.8) is 0 Å². The molecule has 0 amide bonds. The lowest BCUT2D eigenvalue weighted by molar-refractivity contribution is -0.187. The first-order valence-electron chi connectivity index (χ1n) is 8.03. The second-order valence-electron chi connectivity index (χ2n) is 6.10. The van der Waals surface area contributed by atoms with Crippen molar-refractivity contribution in [2.75, 3.05) is 0 Å². The van der Waals surface area contributed by atoms with Gasteiger partial charge in [0, 0.05) is 11.6 Å². The van der Waals surface area contributed by atoms with E-state index in [2.05, 4.69) is 6.58 Å². The summed E-state index contributed by atoms with van der Waals surface area (Å²) in [6, 6.07) is 7.79. The summed E-state index contributed by atoms with van der Waals surface area (Å²) in [6.45, 7) is 5.47. The highest BCUT2D eigenvalue weighted by Crippen LogP contribution is 2.42. The molecule has 1 aliphatic rings. The quantitative estimate of drug-likeness (QED) is 0.684. The Labute approximate surface area is 163 Å². The number of aliphatic carboxylic acids is 1. The van der Waals surface area contributed by atoms with Crippen LogP contribution in [0.25, 0.3) is 12.2 Å². The number of carbonyl (C=O) groups is 1. The minimum Gasteiger partial charge on any atom is -0.478 e. The number of benzene rings is 2. The normalized spacial score (nSPS) is 15.9. The first-order valence-corrected chi connectivity index (χ1v) is 8.40. The van der Waals surface area contributed by atoms with Gasteiger partial charge in [0.25, 0.3) is 0 Å². The maximum atomic E-state index is 13.2. The van der Waals surface area contributed by atoms with E-state index in [0.717, 1.165) is 17.2 Å². The molecule has 28 heavy (non-hydrogen) atoms. The van der Waals surface area contributed by atoms with Crippen LogP contribution in [-0.2, 0) is 4.79 Å². The fraction of sp³-hybridized carbons (Fsp3) is 0.150. The van der Waals surface area contributed by atoms with Crippen LogP contribution in [0.5, 0.6) is 17.2 Å². The third-order valence-corrected chi connectivity index (χ3v) is 4.40. The van der Waals surface area contributed by atoms with Gasteiger partial charge in [-0.2, -0.15) is 13.2 Å². The van der Waals surface area contributed by atoms with Crippen molar-refractivity contribution in [2.24, 2.45) is 0 Å². The van der Waals surface area contributed by atoms with Crippen LogP contribution in [0, 0.1) is 6.92 Å². The summed E-state index contributed by atoms with van der Waals surface area (Å²) in [5.41, 5.74) is 0.854. The molecule has 1 aliphatic heterocycles. The summed E-state index contributed by atoms with van der Waals surface area (Å²) in [5.74, 6) is -1.35. The number of hydrogen-bond acceptors (Lipinski definition) is 3. The number of ether oxygens (including phenoxy) is 2. The molecule has 0 aromatic heterocycles. The van der Waals surface area contributed by atoms with E-state index in [4.69, 9.17) is 26.2 Å². The third kappa shape index (κ3) is 3.84. The number of fused-ring (bicyclic) bond motifs is 1. The molecular weight excluding hydrogens is 397 g/mol. The van der Waals surface area contributed by atoms with Crippen molar-refractivity contribution in [3.8, 4) is 17.2 Å². The van der Waals surface area contributed by atoms with E-state index in [9.17, 15) is 18.0 Å². The van der Waals surface area contributed by atoms with E-state index < -0.39 is 23.8 Å². The first-order chi connectivity index (χ1) is 13.1. The molecule has 146 valence electrons. The lowest BCUT2D eigenvalue weighted by Gasteiger charge is -2.27. The maximum Gasteiger partial charge on any atom is 0.430 e. The van der Waals surface area contributed by atoms with Gasteiger partial charge in [-0.1, -0.05) is 30.3 Å². The molecule has 0 saturated carbocycles. The molecule has 1 unspecified atom stereocenters. The Morgan fingerprint density at radius 2 is 2.00 bits per heavy atom. The summed E-state index contributed by atoms with van der Waals surface area (Å²) in [7, 11) is 0. The molecular formula is C20H14ClF3O4. The maximum absolute atomic E-state index is 13.2. The standard InChI is InChI=1S/C20H14ClF3O4/c1-3-11-4-5-15(10(2)6-11)27-17-9-16-12(8-14(17)21)7-13(19(25)26)18(28-16)20(22,23)24/h3-9,18H,1H2,2H3,(H,25,26). The molecule has 1 atom stereocenters. The average Bonchev–Trinajstić information content (AvgIpc) is 2.62. The number of alkyl halides is 3. The number of rotatable bonds is 4. The van der Waals surface area contributed by atoms with E-state index in [1.807, 2.05) is 6.07 Å². The number of carboxylic acids is 1. The van der Waals surface area contributed by atoms with Crippen LogP contribution in [0.2, 0.25) is 5.02 Å². The van der Waals surface area contributed by atoms with Crippen LogP contribution >= 0.6 is 11.6 Å². The predicted octanol–water partition coefficient (Wildman–Crippen LogP) is 5.88. The summed E-state index contributed by atoms with van der Waals surface area (Å²) in [5, 5.41) is 9.17. The summed E-state index contributed by atoms with van der Waals surface area (Å²) in [6.07, 6.45) is -4.90. The Kier molecular flexibility index (Phi) is 5.12. The minimum atomic E-state index is -4.89. The Balaban J connectivity index is 2.01. The van der Waals surface area contributed by atoms with E-state index >= 15 is 0 Å². The second kappa shape index (κ2) is 7.24. The SMILES string of the molecule is C=Cc1ccc(Oc2cc3c(cc2Cl)C=C(C(=O)O)C(C(F)(F)F)O3)c(C)c1. The van der Waals surface area contributed by atoms with Crippen molar-refractivity contribution >= 4 is 29.7 Å². The van der Waals surface area contributed by atoms with Crippen LogP contribution in [-0.4, -0.2) is 23.4 Å². The summed E-state index contributed by atoms with van der Waals surface area (Å²) >= 11 is 6.18. The Hall–Kier alpha value is -2.93. The molecule has 3 rings (SSSR count). The number of carboxylic acid groups (broad SMARTS) is 1. The number of halogens is 4.